The molecule has 0 radical (unpaired) electrons. The SMILES string of the molecule is CCCCc1c(-c2ccc(OC3CCCCC3)cc2)cc(OC2CCN(C)CC2)n[n+]1[O-].Cl. The van der Waals surface area contributed by atoms with Crippen molar-refractivity contribution in [3.05, 3.63) is 41.2 Å². The zero-order valence-electron chi connectivity index (χ0n) is 20.0. The Hall–Kier alpha value is -2.05. The monoisotopic (exact) mass is 475 g/mol. The Labute approximate surface area is 204 Å². The second-order valence-electron chi connectivity index (χ2n) is 9.34. The van der Waals surface area contributed by atoms with E-state index in [1.54, 1.807) is 0 Å². The maximum atomic E-state index is 12.9. The van der Waals surface area contributed by atoms with Crippen LogP contribution in [0, 0.1) is 5.21 Å². The molecule has 2 aromatic rings. The van der Waals surface area contributed by atoms with E-state index in [9.17, 15) is 5.21 Å². The van der Waals surface area contributed by atoms with Gasteiger partial charge in [0.25, 0.3) is 5.88 Å². The lowest BCUT2D eigenvalue weighted by atomic mass is 9.97. The smallest absolute Gasteiger partial charge is 0.281 e. The fourth-order valence-corrected chi connectivity index (χ4v) is 4.73. The van der Waals surface area contributed by atoms with Gasteiger partial charge >= 0.3 is 0 Å². The molecule has 1 saturated carbocycles. The molecule has 0 unspecified atom stereocenters. The molecule has 33 heavy (non-hydrogen) atoms. The van der Waals surface area contributed by atoms with E-state index in [0.717, 1.165) is 73.3 Å². The van der Waals surface area contributed by atoms with Gasteiger partial charge in [-0.25, -0.2) is 0 Å². The molecular weight excluding hydrogens is 438 g/mol. The molecule has 2 aliphatic rings. The number of benzene rings is 1. The molecule has 4 rings (SSSR count). The van der Waals surface area contributed by atoms with Crippen LogP contribution in [0.5, 0.6) is 11.6 Å². The average molecular weight is 476 g/mol. The van der Waals surface area contributed by atoms with Crippen molar-refractivity contribution in [3.8, 4) is 22.8 Å². The fraction of sp³-hybridized carbons (Fsp3) is 0.615. The van der Waals surface area contributed by atoms with Crippen molar-refractivity contribution in [3.63, 3.8) is 0 Å². The molecule has 0 atom stereocenters. The quantitative estimate of drug-likeness (QED) is 0.381. The largest absolute Gasteiger partial charge is 0.594 e. The third-order valence-corrected chi connectivity index (χ3v) is 6.74. The summed E-state index contributed by atoms with van der Waals surface area (Å²) in [5.74, 6) is 1.33. The second kappa shape index (κ2) is 12.4. The van der Waals surface area contributed by atoms with Crippen LogP contribution in [0.15, 0.2) is 30.3 Å². The van der Waals surface area contributed by atoms with Gasteiger partial charge in [0, 0.05) is 25.6 Å². The normalized spacial score (nSPS) is 18.0. The first-order chi connectivity index (χ1) is 15.6. The molecule has 2 heterocycles. The van der Waals surface area contributed by atoms with E-state index in [1.807, 2.05) is 18.2 Å². The Bertz CT molecular complexity index is 864. The highest BCUT2D eigenvalue weighted by molar-refractivity contribution is 5.85. The van der Waals surface area contributed by atoms with E-state index in [0.29, 0.717) is 24.1 Å². The second-order valence-corrected chi connectivity index (χ2v) is 9.34. The van der Waals surface area contributed by atoms with Crippen molar-refractivity contribution in [1.29, 1.82) is 0 Å². The van der Waals surface area contributed by atoms with E-state index >= 15 is 0 Å². The van der Waals surface area contributed by atoms with Crippen molar-refractivity contribution in [1.82, 2.24) is 10.00 Å². The Morgan fingerprint density at radius 3 is 2.33 bits per heavy atom. The van der Waals surface area contributed by atoms with E-state index in [-0.39, 0.29) is 18.5 Å². The molecule has 0 spiro atoms. The molecule has 0 bridgehead atoms. The minimum atomic E-state index is 0. The van der Waals surface area contributed by atoms with Gasteiger partial charge in [-0.05, 0) is 69.7 Å². The van der Waals surface area contributed by atoms with Crippen LogP contribution in [-0.2, 0) is 6.42 Å². The van der Waals surface area contributed by atoms with Gasteiger partial charge in [0.1, 0.15) is 11.9 Å². The minimum absolute atomic E-state index is 0. The van der Waals surface area contributed by atoms with Gasteiger partial charge in [-0.1, -0.05) is 36.7 Å². The van der Waals surface area contributed by atoms with E-state index in [4.69, 9.17) is 9.47 Å². The summed E-state index contributed by atoms with van der Waals surface area (Å²) >= 11 is 0. The zero-order valence-corrected chi connectivity index (χ0v) is 20.8. The highest BCUT2D eigenvalue weighted by atomic mass is 35.5. The summed E-state index contributed by atoms with van der Waals surface area (Å²) in [5.41, 5.74) is 2.63. The maximum Gasteiger partial charge on any atom is 0.281 e. The molecular formula is C26H38ClN3O3. The van der Waals surface area contributed by atoms with Crippen molar-refractivity contribution in [2.45, 2.75) is 83.3 Å². The Kier molecular flexibility index (Phi) is 9.63. The predicted octanol–water partition coefficient (Wildman–Crippen LogP) is 5.33. The fourth-order valence-electron chi connectivity index (χ4n) is 4.73. The molecule has 1 aromatic heterocycles. The van der Waals surface area contributed by atoms with Crippen LogP contribution >= 0.6 is 12.4 Å². The number of unbranched alkanes of at least 4 members (excludes halogenated alkanes) is 1. The van der Waals surface area contributed by atoms with Gasteiger partial charge in [-0.2, -0.15) is 0 Å². The molecule has 6 nitrogen and oxygen atoms in total. The third kappa shape index (κ3) is 6.97. The minimum Gasteiger partial charge on any atom is -0.594 e. The Morgan fingerprint density at radius 1 is 1.00 bits per heavy atom. The summed E-state index contributed by atoms with van der Waals surface area (Å²) in [6, 6.07) is 10.1. The Morgan fingerprint density at radius 2 is 1.67 bits per heavy atom. The van der Waals surface area contributed by atoms with Crippen LogP contribution in [0.25, 0.3) is 11.1 Å². The molecule has 1 aliphatic heterocycles. The van der Waals surface area contributed by atoms with E-state index in [1.165, 1.54) is 19.3 Å². The van der Waals surface area contributed by atoms with Gasteiger partial charge in [0.2, 0.25) is 5.69 Å². The van der Waals surface area contributed by atoms with Crippen LogP contribution in [0.1, 0.15) is 70.4 Å². The number of halogens is 1. The van der Waals surface area contributed by atoms with Crippen molar-refractivity contribution >= 4 is 12.4 Å². The Balaban J connectivity index is 0.00000306. The zero-order chi connectivity index (χ0) is 22.3. The summed E-state index contributed by atoms with van der Waals surface area (Å²) in [6.07, 6.45) is 11.1. The van der Waals surface area contributed by atoms with Crippen LogP contribution in [0.3, 0.4) is 0 Å². The third-order valence-electron chi connectivity index (χ3n) is 6.74. The topological polar surface area (TPSA) is 61.5 Å². The van der Waals surface area contributed by atoms with E-state index < -0.39 is 0 Å². The van der Waals surface area contributed by atoms with Gasteiger partial charge in [0.05, 0.1) is 16.8 Å². The molecule has 1 aliphatic carbocycles. The highest BCUT2D eigenvalue weighted by Gasteiger charge is 2.23. The van der Waals surface area contributed by atoms with Gasteiger partial charge in [-0.3, -0.25) is 0 Å². The van der Waals surface area contributed by atoms with Gasteiger partial charge in [0.15, 0.2) is 0 Å². The number of likely N-dealkylation sites (tertiary alicyclic amines) is 1. The number of ether oxygens (including phenoxy) is 2. The van der Waals surface area contributed by atoms with Crippen LogP contribution < -0.4 is 14.3 Å². The predicted molar refractivity (Wildman–Crippen MR) is 133 cm³/mol. The summed E-state index contributed by atoms with van der Waals surface area (Å²) in [7, 11) is 2.13. The number of hydrogen-bond donors (Lipinski definition) is 0. The number of rotatable bonds is 8. The molecule has 1 saturated heterocycles. The average Bonchev–Trinajstić information content (AvgIpc) is 2.81. The first kappa shape index (κ1) is 25.6. The summed E-state index contributed by atoms with van der Waals surface area (Å²) in [6.45, 7) is 4.15. The lowest BCUT2D eigenvalue weighted by molar-refractivity contribution is -0.677. The maximum absolute atomic E-state index is 12.9. The first-order valence-electron chi connectivity index (χ1n) is 12.4. The van der Waals surface area contributed by atoms with Crippen LogP contribution in [-0.4, -0.2) is 42.3 Å². The molecule has 0 amide bonds. The number of nitrogens with zero attached hydrogens (tertiary/aromatic N) is 3. The standard InChI is InChI=1S/C26H37N3O3.ClH/c1-3-4-10-25-24(19-26(27-29(25)30)32-23-15-17-28(2)18-16-23)20-11-13-22(14-12-20)31-21-8-6-5-7-9-21;/h11-14,19,21,23H,3-10,15-18H2,1-2H3;1H. The summed E-state index contributed by atoms with van der Waals surface area (Å²) < 4.78 is 12.3. The molecule has 1 aromatic carbocycles. The molecule has 7 heteroatoms. The van der Waals surface area contributed by atoms with E-state index in [2.05, 4.69) is 36.1 Å². The van der Waals surface area contributed by atoms with Crippen molar-refractivity contribution in [2.75, 3.05) is 20.1 Å². The lowest BCUT2D eigenvalue weighted by Crippen LogP contribution is -2.39. The van der Waals surface area contributed by atoms with Gasteiger partial charge < -0.3 is 19.6 Å². The number of piperidine rings is 1. The highest BCUT2D eigenvalue weighted by Crippen LogP contribution is 2.30. The lowest BCUT2D eigenvalue weighted by Gasteiger charge is -2.28. The number of aromatic nitrogens is 2. The van der Waals surface area contributed by atoms with Crippen LogP contribution in [0.2, 0.25) is 0 Å². The summed E-state index contributed by atoms with van der Waals surface area (Å²) in [5, 5.41) is 17.1. The van der Waals surface area contributed by atoms with Gasteiger partial charge in [-0.15, -0.1) is 12.4 Å². The molecule has 182 valence electrons. The summed E-state index contributed by atoms with van der Waals surface area (Å²) in [4.78, 5) is 3.08. The van der Waals surface area contributed by atoms with Crippen molar-refractivity contribution < 1.29 is 14.3 Å². The first-order valence-corrected chi connectivity index (χ1v) is 12.4. The molecule has 0 N–H and O–H groups in total. The number of hydrogen-bond acceptors (Lipinski definition) is 5. The molecule has 2 fully saturated rings. The van der Waals surface area contributed by atoms with Crippen molar-refractivity contribution in [2.24, 2.45) is 0 Å². The van der Waals surface area contributed by atoms with Crippen LogP contribution in [0.4, 0.5) is 0 Å².